The predicted molar refractivity (Wildman–Crippen MR) is 78.8 cm³/mol. The number of urea groups is 1. The molecule has 21 heavy (non-hydrogen) atoms. The quantitative estimate of drug-likeness (QED) is 0.561. The summed E-state index contributed by atoms with van der Waals surface area (Å²) in [5.74, 6) is -0.518. The summed E-state index contributed by atoms with van der Waals surface area (Å²) in [7, 11) is 0. The number of rotatable bonds is 5. The maximum atomic E-state index is 11.8. The molecule has 112 valence electrons. The normalized spacial score (nSPS) is 14.2. The van der Waals surface area contributed by atoms with Gasteiger partial charge in [-0.25, -0.2) is 4.79 Å². The number of hydrogen-bond acceptors (Lipinski definition) is 4. The number of nitrogens with one attached hydrogen (secondary N) is 2. The number of benzene rings is 1. The second-order valence-corrected chi connectivity index (χ2v) is 5.00. The fourth-order valence-corrected chi connectivity index (χ4v) is 2.16. The Bertz CT molecular complexity index is 575. The van der Waals surface area contributed by atoms with Crippen LogP contribution < -0.4 is 16.4 Å². The zero-order chi connectivity index (χ0) is 15.4. The molecule has 4 N–H and O–H groups in total. The van der Waals surface area contributed by atoms with Crippen LogP contribution in [0, 0.1) is 0 Å². The van der Waals surface area contributed by atoms with E-state index in [2.05, 4.69) is 10.6 Å². The standard InChI is InChI=1S/C13H15ClN4O3/c14-9-6-8(15)3-4-10(9)17-11(19)2-1-5-18-12(20)7-16-13(18)21/h3-4,6H,1-2,5,7,15H2,(H,16,21)(H,17,19). The topological polar surface area (TPSA) is 105 Å². The molecule has 0 bridgehead atoms. The van der Waals surface area contributed by atoms with Crippen LogP contribution in [0.1, 0.15) is 12.8 Å². The maximum absolute atomic E-state index is 11.8. The molecule has 0 aliphatic carbocycles. The number of amides is 4. The molecule has 0 spiro atoms. The van der Waals surface area contributed by atoms with Crippen LogP contribution >= 0.6 is 11.6 Å². The summed E-state index contributed by atoms with van der Waals surface area (Å²) in [4.78, 5) is 35.5. The van der Waals surface area contributed by atoms with Gasteiger partial charge in [-0.05, 0) is 24.6 Å². The van der Waals surface area contributed by atoms with E-state index in [9.17, 15) is 14.4 Å². The average Bonchev–Trinajstić information content (AvgIpc) is 2.74. The summed E-state index contributed by atoms with van der Waals surface area (Å²) in [6, 6.07) is 4.38. The highest BCUT2D eigenvalue weighted by atomic mass is 35.5. The van der Waals surface area contributed by atoms with Gasteiger partial charge in [0, 0.05) is 18.7 Å². The molecule has 0 aromatic heterocycles. The molecular formula is C13H15ClN4O3. The molecule has 1 heterocycles. The third-order valence-corrected chi connectivity index (χ3v) is 3.30. The molecule has 1 aromatic rings. The molecule has 1 saturated heterocycles. The maximum Gasteiger partial charge on any atom is 0.324 e. The molecule has 4 amide bonds. The van der Waals surface area contributed by atoms with Crippen LogP contribution in [0.3, 0.4) is 0 Å². The van der Waals surface area contributed by atoms with Crippen molar-refractivity contribution in [2.24, 2.45) is 0 Å². The van der Waals surface area contributed by atoms with Gasteiger partial charge >= 0.3 is 6.03 Å². The zero-order valence-corrected chi connectivity index (χ0v) is 11.9. The Morgan fingerprint density at radius 3 is 2.81 bits per heavy atom. The van der Waals surface area contributed by atoms with E-state index in [0.717, 1.165) is 4.90 Å². The lowest BCUT2D eigenvalue weighted by Gasteiger charge is -2.12. The Kier molecular flexibility index (Phi) is 4.64. The highest BCUT2D eigenvalue weighted by molar-refractivity contribution is 6.34. The van der Waals surface area contributed by atoms with Gasteiger partial charge in [-0.1, -0.05) is 11.6 Å². The van der Waals surface area contributed by atoms with Crippen LogP contribution in [0.15, 0.2) is 18.2 Å². The van der Waals surface area contributed by atoms with Crippen molar-refractivity contribution in [2.45, 2.75) is 12.8 Å². The lowest BCUT2D eigenvalue weighted by molar-refractivity contribution is -0.125. The minimum Gasteiger partial charge on any atom is -0.399 e. The Morgan fingerprint density at radius 1 is 1.43 bits per heavy atom. The van der Waals surface area contributed by atoms with Crippen molar-refractivity contribution < 1.29 is 14.4 Å². The molecule has 1 aliphatic rings. The number of carbonyl (C=O) groups excluding carboxylic acids is 3. The molecule has 0 saturated carbocycles. The van der Waals surface area contributed by atoms with E-state index < -0.39 is 6.03 Å². The van der Waals surface area contributed by atoms with E-state index in [4.69, 9.17) is 17.3 Å². The van der Waals surface area contributed by atoms with E-state index in [-0.39, 0.29) is 31.3 Å². The van der Waals surface area contributed by atoms with E-state index in [0.29, 0.717) is 22.8 Å². The predicted octanol–water partition coefficient (Wildman–Crippen LogP) is 1.19. The Labute approximate surface area is 126 Å². The van der Waals surface area contributed by atoms with Crippen molar-refractivity contribution in [3.8, 4) is 0 Å². The Morgan fingerprint density at radius 2 is 2.19 bits per heavy atom. The van der Waals surface area contributed by atoms with Crippen molar-refractivity contribution in [2.75, 3.05) is 24.1 Å². The zero-order valence-electron chi connectivity index (χ0n) is 11.2. The number of halogens is 1. The minimum absolute atomic E-state index is 0.0199. The van der Waals surface area contributed by atoms with Crippen molar-refractivity contribution >= 4 is 40.8 Å². The molecule has 7 nitrogen and oxygen atoms in total. The van der Waals surface area contributed by atoms with E-state index >= 15 is 0 Å². The average molecular weight is 311 g/mol. The number of nitrogen functional groups attached to an aromatic ring is 1. The second-order valence-electron chi connectivity index (χ2n) is 4.60. The SMILES string of the molecule is Nc1ccc(NC(=O)CCCN2C(=O)CNC2=O)c(Cl)c1. The summed E-state index contributed by atoms with van der Waals surface area (Å²) in [6.45, 7) is 0.236. The van der Waals surface area contributed by atoms with Gasteiger partial charge in [0.15, 0.2) is 0 Å². The van der Waals surface area contributed by atoms with Crippen LogP contribution in [0.25, 0.3) is 0 Å². The second kappa shape index (κ2) is 6.45. The van der Waals surface area contributed by atoms with E-state index in [1.165, 1.54) is 0 Å². The summed E-state index contributed by atoms with van der Waals surface area (Å²) >= 11 is 5.95. The molecular weight excluding hydrogens is 296 g/mol. The van der Waals surface area contributed by atoms with Gasteiger partial charge in [-0.3, -0.25) is 14.5 Å². The van der Waals surface area contributed by atoms with Crippen molar-refractivity contribution in [3.05, 3.63) is 23.2 Å². The molecule has 1 aliphatic heterocycles. The third-order valence-electron chi connectivity index (χ3n) is 2.99. The van der Waals surface area contributed by atoms with E-state index in [1.54, 1.807) is 18.2 Å². The van der Waals surface area contributed by atoms with Crippen LogP contribution in [0.4, 0.5) is 16.2 Å². The van der Waals surface area contributed by atoms with Gasteiger partial charge in [0.25, 0.3) is 0 Å². The monoisotopic (exact) mass is 310 g/mol. The molecule has 8 heteroatoms. The van der Waals surface area contributed by atoms with Crippen LogP contribution in [0.5, 0.6) is 0 Å². The van der Waals surface area contributed by atoms with Crippen LogP contribution in [0.2, 0.25) is 5.02 Å². The highest BCUT2D eigenvalue weighted by Crippen LogP contribution is 2.24. The van der Waals surface area contributed by atoms with Crippen LogP contribution in [-0.2, 0) is 9.59 Å². The van der Waals surface area contributed by atoms with Crippen LogP contribution in [-0.4, -0.2) is 35.8 Å². The lowest BCUT2D eigenvalue weighted by Crippen LogP contribution is -2.32. The van der Waals surface area contributed by atoms with Gasteiger partial charge < -0.3 is 16.4 Å². The van der Waals surface area contributed by atoms with Gasteiger partial charge in [0.05, 0.1) is 17.3 Å². The van der Waals surface area contributed by atoms with Gasteiger partial charge in [0.2, 0.25) is 11.8 Å². The van der Waals surface area contributed by atoms with Crippen molar-refractivity contribution in [1.29, 1.82) is 0 Å². The Balaban J connectivity index is 1.80. The fourth-order valence-electron chi connectivity index (χ4n) is 1.92. The smallest absolute Gasteiger partial charge is 0.324 e. The van der Waals surface area contributed by atoms with Gasteiger partial charge in [-0.15, -0.1) is 0 Å². The first-order valence-electron chi connectivity index (χ1n) is 6.40. The number of hydrogen-bond donors (Lipinski definition) is 3. The lowest BCUT2D eigenvalue weighted by atomic mass is 10.2. The van der Waals surface area contributed by atoms with E-state index in [1.807, 2.05) is 0 Å². The highest BCUT2D eigenvalue weighted by Gasteiger charge is 2.27. The first-order chi connectivity index (χ1) is 9.97. The fraction of sp³-hybridized carbons (Fsp3) is 0.308. The molecule has 1 aromatic carbocycles. The van der Waals surface area contributed by atoms with Gasteiger partial charge in [-0.2, -0.15) is 0 Å². The third kappa shape index (κ3) is 3.85. The molecule has 2 rings (SSSR count). The minimum atomic E-state index is -0.415. The molecule has 0 radical (unpaired) electrons. The summed E-state index contributed by atoms with van der Waals surface area (Å²) in [5.41, 5.74) is 6.55. The largest absolute Gasteiger partial charge is 0.399 e. The van der Waals surface area contributed by atoms with Crippen molar-refractivity contribution in [3.63, 3.8) is 0 Å². The van der Waals surface area contributed by atoms with Gasteiger partial charge in [0.1, 0.15) is 0 Å². The molecule has 0 atom stereocenters. The summed E-state index contributed by atoms with van der Waals surface area (Å²) < 4.78 is 0. The summed E-state index contributed by atoms with van der Waals surface area (Å²) in [6.07, 6.45) is 0.565. The first-order valence-corrected chi connectivity index (χ1v) is 6.78. The first kappa shape index (κ1) is 15.1. The number of anilines is 2. The Hall–Kier alpha value is -2.28. The van der Waals surface area contributed by atoms with Crippen molar-refractivity contribution in [1.82, 2.24) is 10.2 Å². The number of carbonyl (C=O) groups is 3. The number of nitrogens with zero attached hydrogens (tertiary/aromatic N) is 1. The molecule has 1 fully saturated rings. The molecule has 0 unspecified atom stereocenters. The number of imide groups is 1. The number of nitrogens with two attached hydrogens (primary N) is 1. The summed E-state index contributed by atoms with van der Waals surface area (Å²) in [5, 5.41) is 5.43.